The molecule has 0 radical (unpaired) electrons. The van der Waals surface area contributed by atoms with Gasteiger partial charge in [0.15, 0.2) is 17.5 Å². The summed E-state index contributed by atoms with van der Waals surface area (Å²) in [6.45, 7) is 0. The lowest BCUT2D eigenvalue weighted by atomic mass is 9.93. The van der Waals surface area contributed by atoms with Crippen LogP contribution < -0.4 is 0 Å². The summed E-state index contributed by atoms with van der Waals surface area (Å²) in [4.78, 5) is 15.6. The quantitative estimate of drug-likeness (QED) is 0.158. The summed E-state index contributed by atoms with van der Waals surface area (Å²) < 4.78 is 22.6. The van der Waals surface area contributed by atoms with Crippen molar-refractivity contribution in [3.05, 3.63) is 243 Å². The minimum absolute atomic E-state index is 0.537. The largest absolute Gasteiger partial charge is 0.456 e. The van der Waals surface area contributed by atoms with E-state index in [2.05, 4.69) is 187 Å². The van der Waals surface area contributed by atoms with Crippen LogP contribution in [0.2, 0.25) is 0 Å². The van der Waals surface area contributed by atoms with Gasteiger partial charge in [0, 0.05) is 76.6 Å². The lowest BCUT2D eigenvalue weighted by Crippen LogP contribution is -2.00. The van der Waals surface area contributed by atoms with Gasteiger partial charge in [-0.15, -0.1) is 0 Å². The van der Waals surface area contributed by atoms with Gasteiger partial charge in [-0.1, -0.05) is 170 Å². The molecular weight excluding hydrogens is 933 g/mol. The molecule has 5 aromatic heterocycles. The van der Waals surface area contributed by atoms with Crippen molar-refractivity contribution in [1.29, 1.82) is 0 Å². The van der Waals surface area contributed by atoms with E-state index in [9.17, 15) is 0 Å². The minimum atomic E-state index is 0.537. The molecule has 0 saturated carbocycles. The Hall–Kier alpha value is -10.4. The highest BCUT2D eigenvalue weighted by atomic mass is 16.3. The van der Waals surface area contributed by atoms with Gasteiger partial charge in [0.2, 0.25) is 0 Å². The van der Waals surface area contributed by atoms with E-state index in [0.29, 0.717) is 17.5 Å². The number of benzene rings is 11. The second-order valence-corrected chi connectivity index (χ2v) is 19.4. The second-order valence-electron chi connectivity index (χ2n) is 19.4. The third kappa shape index (κ3) is 6.52. The second kappa shape index (κ2) is 16.6. The molecule has 0 N–H and O–H groups in total. The summed E-state index contributed by atoms with van der Waals surface area (Å²) in [6, 6.07) is 84.4. The van der Waals surface area contributed by atoms with Crippen LogP contribution in [0.15, 0.2) is 256 Å². The zero-order valence-corrected chi connectivity index (χ0v) is 40.6. The van der Waals surface area contributed by atoms with Crippen LogP contribution in [-0.2, 0) is 0 Å². The normalized spacial score (nSPS) is 11.9. The Kier molecular flexibility index (Phi) is 9.20. The van der Waals surface area contributed by atoms with Gasteiger partial charge >= 0.3 is 0 Å². The Balaban J connectivity index is 0.868. The third-order valence-electron chi connectivity index (χ3n) is 15.1. The number of rotatable bonds is 7. The van der Waals surface area contributed by atoms with Crippen LogP contribution in [-0.4, -0.2) is 19.5 Å². The molecule has 0 amide bonds. The van der Waals surface area contributed by atoms with E-state index < -0.39 is 0 Å². The van der Waals surface area contributed by atoms with Crippen LogP contribution in [0.5, 0.6) is 0 Å². The molecule has 0 atom stereocenters. The highest BCUT2D eigenvalue weighted by Gasteiger charge is 2.24. The molecule has 7 heteroatoms. The van der Waals surface area contributed by atoms with E-state index in [4.69, 9.17) is 28.2 Å². The van der Waals surface area contributed by atoms with E-state index in [-0.39, 0.29) is 0 Å². The van der Waals surface area contributed by atoms with Gasteiger partial charge in [-0.05, 0) is 95.1 Å². The van der Waals surface area contributed by atoms with Crippen LogP contribution in [0.3, 0.4) is 0 Å². The molecule has 16 rings (SSSR count). The first kappa shape index (κ1) is 42.2. The summed E-state index contributed by atoms with van der Waals surface area (Å²) in [5.41, 5.74) is 17.2. The fourth-order valence-electron chi connectivity index (χ4n) is 11.6. The molecule has 7 nitrogen and oxygen atoms in total. The maximum absolute atomic E-state index is 6.99. The van der Waals surface area contributed by atoms with Crippen LogP contribution in [0.1, 0.15) is 0 Å². The average molecular weight is 973 g/mol. The van der Waals surface area contributed by atoms with Gasteiger partial charge < -0.3 is 17.8 Å². The molecule has 0 unspecified atom stereocenters. The lowest BCUT2D eigenvalue weighted by Gasteiger charge is -2.13. The molecule has 76 heavy (non-hydrogen) atoms. The minimum Gasteiger partial charge on any atom is -0.456 e. The average Bonchev–Trinajstić information content (AvgIpc) is 4.29. The fourth-order valence-corrected chi connectivity index (χ4v) is 11.6. The zero-order valence-electron chi connectivity index (χ0n) is 40.6. The smallest absolute Gasteiger partial charge is 0.164 e. The number of hydrogen-bond donors (Lipinski definition) is 0. The predicted molar refractivity (Wildman–Crippen MR) is 309 cm³/mol. The SMILES string of the molecule is c1ccc(-c2ccc3oc4cc(-c5nc(-c6ccccc6)nc(-c6cccc7oc8ccc(-c9ccc(-c%10cccc%11c%12ccccc%12n(-c%12ccccc%12)c%10%11)c%10oc%11ccccc%11c9%10)cc8c67)n5)ccc4c3c2)cc1. The van der Waals surface area contributed by atoms with Gasteiger partial charge in [0.05, 0.1) is 11.0 Å². The van der Waals surface area contributed by atoms with Gasteiger partial charge in [-0.3, -0.25) is 0 Å². The molecular formula is C69H40N4O3. The molecule has 0 aliphatic heterocycles. The fraction of sp³-hybridized carbons (Fsp3) is 0. The van der Waals surface area contributed by atoms with Crippen molar-refractivity contribution in [3.8, 4) is 73.2 Å². The monoisotopic (exact) mass is 972 g/mol. The Morgan fingerprint density at radius 1 is 0.276 bits per heavy atom. The Morgan fingerprint density at radius 2 is 0.868 bits per heavy atom. The standard InChI is InChI=1S/C69H40N4O3/c1-4-16-41(17-5-1)43-31-36-59-55(38-43)49-33-30-45(40-62(49)75-59)68-70-67(42-18-6-2-7-19-42)71-69(72-68)54-26-15-29-61-63(54)56-39-44(32-37-60(56)74-61)47-34-35-52(66-64(47)53-23-11-13-28-58(53)76-66)51-25-14-24-50-48-22-10-12-27-57(48)73(65(50)51)46-20-8-3-9-21-46/h1-40H. The maximum atomic E-state index is 6.99. The molecule has 354 valence electrons. The van der Waals surface area contributed by atoms with Crippen molar-refractivity contribution < 1.29 is 13.3 Å². The first-order valence-corrected chi connectivity index (χ1v) is 25.5. The predicted octanol–water partition coefficient (Wildman–Crippen LogP) is 18.7. The van der Waals surface area contributed by atoms with E-state index in [1.54, 1.807) is 0 Å². The van der Waals surface area contributed by atoms with E-state index in [0.717, 1.165) is 133 Å². The van der Waals surface area contributed by atoms with E-state index >= 15 is 0 Å². The Labute approximate surface area is 434 Å². The molecule has 0 saturated heterocycles. The van der Waals surface area contributed by atoms with Gasteiger partial charge in [0.1, 0.15) is 33.5 Å². The van der Waals surface area contributed by atoms with Crippen molar-refractivity contribution in [3.63, 3.8) is 0 Å². The number of furan rings is 3. The van der Waals surface area contributed by atoms with Crippen LogP contribution in [0.25, 0.3) is 161 Å². The highest BCUT2D eigenvalue weighted by Crippen LogP contribution is 2.47. The summed E-state index contributed by atoms with van der Waals surface area (Å²) in [5, 5.41) is 8.44. The zero-order chi connectivity index (χ0) is 49.8. The Morgan fingerprint density at radius 3 is 1.71 bits per heavy atom. The third-order valence-corrected chi connectivity index (χ3v) is 15.1. The van der Waals surface area contributed by atoms with Crippen molar-refractivity contribution in [2.75, 3.05) is 0 Å². The maximum Gasteiger partial charge on any atom is 0.164 e. The van der Waals surface area contributed by atoms with Crippen LogP contribution in [0.4, 0.5) is 0 Å². The molecule has 0 aliphatic carbocycles. The molecule has 11 aromatic carbocycles. The van der Waals surface area contributed by atoms with Gasteiger partial charge in [-0.25, -0.2) is 15.0 Å². The summed E-state index contributed by atoms with van der Waals surface area (Å²) in [5.74, 6) is 1.64. The van der Waals surface area contributed by atoms with E-state index in [1.807, 2.05) is 60.7 Å². The number of hydrogen-bond acceptors (Lipinski definition) is 6. The highest BCUT2D eigenvalue weighted by molar-refractivity contribution is 6.21. The van der Waals surface area contributed by atoms with E-state index in [1.165, 1.54) is 10.8 Å². The molecule has 5 heterocycles. The van der Waals surface area contributed by atoms with Crippen molar-refractivity contribution in [2.45, 2.75) is 0 Å². The first-order chi connectivity index (χ1) is 37.7. The lowest BCUT2D eigenvalue weighted by molar-refractivity contribution is 0.668. The molecule has 0 bridgehead atoms. The first-order valence-electron chi connectivity index (χ1n) is 25.5. The number of nitrogens with zero attached hydrogens (tertiary/aromatic N) is 4. The number of fused-ring (bicyclic) bond motifs is 12. The Bertz CT molecular complexity index is 4990. The van der Waals surface area contributed by atoms with Crippen molar-refractivity contribution >= 4 is 87.6 Å². The number of aromatic nitrogens is 4. The van der Waals surface area contributed by atoms with Crippen LogP contribution >= 0.6 is 0 Å². The van der Waals surface area contributed by atoms with Crippen LogP contribution in [0, 0.1) is 0 Å². The molecule has 0 fully saturated rings. The molecule has 0 spiro atoms. The molecule has 16 aromatic rings. The van der Waals surface area contributed by atoms with Gasteiger partial charge in [-0.2, -0.15) is 0 Å². The molecule has 0 aliphatic rings. The summed E-state index contributed by atoms with van der Waals surface area (Å²) in [7, 11) is 0. The van der Waals surface area contributed by atoms with Crippen molar-refractivity contribution in [2.24, 2.45) is 0 Å². The van der Waals surface area contributed by atoms with Crippen molar-refractivity contribution in [1.82, 2.24) is 19.5 Å². The number of para-hydroxylation sites is 4. The topological polar surface area (TPSA) is 83.0 Å². The van der Waals surface area contributed by atoms with Gasteiger partial charge in [0.25, 0.3) is 0 Å². The summed E-state index contributed by atoms with van der Waals surface area (Å²) in [6.07, 6.45) is 0. The summed E-state index contributed by atoms with van der Waals surface area (Å²) >= 11 is 0.